The number of carbonyl (C=O) groups excluding carboxylic acids is 3. The number of benzene rings is 2. The van der Waals surface area contributed by atoms with E-state index >= 15 is 0 Å². The minimum absolute atomic E-state index is 0.0648. The zero-order valence-corrected chi connectivity index (χ0v) is 14.8. The molecular formula is C20H20N2O5. The van der Waals surface area contributed by atoms with Gasteiger partial charge in [-0.25, -0.2) is 4.79 Å². The first-order valence-electron chi connectivity index (χ1n) is 8.49. The van der Waals surface area contributed by atoms with Crippen LogP contribution in [0.15, 0.2) is 60.7 Å². The molecule has 0 radical (unpaired) electrons. The van der Waals surface area contributed by atoms with E-state index < -0.39 is 36.2 Å². The summed E-state index contributed by atoms with van der Waals surface area (Å²) in [7, 11) is 0. The van der Waals surface area contributed by atoms with Crippen LogP contribution in [0.25, 0.3) is 0 Å². The first kappa shape index (κ1) is 18.6. The molecule has 1 heterocycles. The van der Waals surface area contributed by atoms with Gasteiger partial charge in [-0.1, -0.05) is 60.7 Å². The van der Waals surface area contributed by atoms with Crippen LogP contribution in [0.1, 0.15) is 24.1 Å². The number of rotatable bonds is 6. The lowest BCUT2D eigenvalue weighted by Gasteiger charge is -2.47. The highest BCUT2D eigenvalue weighted by molar-refractivity contribution is 5.94. The molecule has 1 amide bonds. The monoisotopic (exact) mass is 368 g/mol. The summed E-state index contributed by atoms with van der Waals surface area (Å²) in [6.45, 7) is 1.29. The molecule has 0 aromatic heterocycles. The smallest absolute Gasteiger partial charge is 0.334 e. The summed E-state index contributed by atoms with van der Waals surface area (Å²) >= 11 is 0. The number of β-lactam (4-membered cyclic amide) rings is 1. The van der Waals surface area contributed by atoms with Gasteiger partial charge in [0.25, 0.3) is 0 Å². The van der Waals surface area contributed by atoms with Gasteiger partial charge in [0.15, 0.2) is 6.04 Å². The zero-order chi connectivity index (χ0) is 19.4. The third-order valence-corrected chi connectivity index (χ3v) is 4.25. The number of ether oxygens (including phenoxy) is 2. The summed E-state index contributed by atoms with van der Waals surface area (Å²) in [5.74, 6) is -1.69. The molecule has 2 aromatic carbocycles. The van der Waals surface area contributed by atoms with Crippen LogP contribution in [-0.2, 0) is 30.5 Å². The summed E-state index contributed by atoms with van der Waals surface area (Å²) < 4.78 is 10.6. The van der Waals surface area contributed by atoms with Crippen LogP contribution in [0.2, 0.25) is 0 Å². The molecule has 1 saturated heterocycles. The number of hydrogen-bond donors (Lipinski definition) is 1. The zero-order valence-electron chi connectivity index (χ0n) is 14.8. The van der Waals surface area contributed by atoms with E-state index in [1.165, 1.54) is 6.92 Å². The third kappa shape index (κ3) is 3.98. The fourth-order valence-electron chi connectivity index (χ4n) is 2.94. The Balaban J connectivity index is 1.84. The number of esters is 2. The molecule has 140 valence electrons. The van der Waals surface area contributed by atoms with E-state index in [-0.39, 0.29) is 6.61 Å². The van der Waals surface area contributed by atoms with Crippen molar-refractivity contribution in [2.45, 2.75) is 31.8 Å². The molecule has 1 aliphatic rings. The maximum atomic E-state index is 12.8. The second-order valence-corrected chi connectivity index (χ2v) is 6.18. The minimum atomic E-state index is -1.05. The largest absolute Gasteiger partial charge is 0.459 e. The van der Waals surface area contributed by atoms with Gasteiger partial charge >= 0.3 is 11.9 Å². The van der Waals surface area contributed by atoms with Crippen molar-refractivity contribution in [2.75, 3.05) is 0 Å². The number of carbonyl (C=O) groups is 3. The predicted molar refractivity (Wildman–Crippen MR) is 95.8 cm³/mol. The van der Waals surface area contributed by atoms with Crippen LogP contribution in [0, 0.1) is 0 Å². The highest BCUT2D eigenvalue weighted by Gasteiger charge is 2.53. The normalized spacial score (nSPS) is 19.8. The van der Waals surface area contributed by atoms with Crippen molar-refractivity contribution in [1.82, 2.24) is 4.90 Å². The van der Waals surface area contributed by atoms with Crippen LogP contribution in [0.5, 0.6) is 0 Å². The van der Waals surface area contributed by atoms with E-state index in [9.17, 15) is 14.4 Å². The first-order chi connectivity index (χ1) is 13.0. The van der Waals surface area contributed by atoms with Crippen LogP contribution in [0.4, 0.5) is 0 Å². The predicted octanol–water partition coefficient (Wildman–Crippen LogP) is 1.53. The van der Waals surface area contributed by atoms with E-state index in [0.717, 1.165) is 10.5 Å². The average Bonchev–Trinajstić information content (AvgIpc) is 2.69. The van der Waals surface area contributed by atoms with Crippen molar-refractivity contribution in [2.24, 2.45) is 5.73 Å². The van der Waals surface area contributed by atoms with Crippen molar-refractivity contribution < 1.29 is 23.9 Å². The van der Waals surface area contributed by atoms with E-state index in [1.807, 2.05) is 30.3 Å². The molecule has 27 heavy (non-hydrogen) atoms. The lowest BCUT2D eigenvalue weighted by molar-refractivity contribution is -0.199. The lowest BCUT2D eigenvalue weighted by Crippen LogP contribution is -2.71. The van der Waals surface area contributed by atoms with Gasteiger partial charge in [0.1, 0.15) is 12.6 Å². The SMILES string of the molecule is CC(=O)O[C@@H]1[C@@H](N)C(=O)N1C(C(=O)OCc1ccccc1)c1ccccc1. The van der Waals surface area contributed by atoms with Gasteiger partial charge in [0, 0.05) is 6.92 Å². The first-order valence-corrected chi connectivity index (χ1v) is 8.49. The van der Waals surface area contributed by atoms with Gasteiger partial charge < -0.3 is 15.2 Å². The van der Waals surface area contributed by atoms with E-state index in [0.29, 0.717) is 5.56 Å². The molecule has 3 rings (SSSR count). The van der Waals surface area contributed by atoms with Gasteiger partial charge in [0.05, 0.1) is 0 Å². The lowest BCUT2D eigenvalue weighted by atomic mass is 9.97. The van der Waals surface area contributed by atoms with Crippen molar-refractivity contribution >= 4 is 17.8 Å². The van der Waals surface area contributed by atoms with Crippen LogP contribution < -0.4 is 5.73 Å². The van der Waals surface area contributed by atoms with Gasteiger partial charge in [0.2, 0.25) is 12.1 Å². The van der Waals surface area contributed by atoms with Gasteiger partial charge in [-0.2, -0.15) is 0 Å². The molecule has 0 aliphatic carbocycles. The molecule has 1 unspecified atom stereocenters. The van der Waals surface area contributed by atoms with Crippen LogP contribution >= 0.6 is 0 Å². The Morgan fingerprint density at radius 2 is 1.67 bits per heavy atom. The molecule has 3 atom stereocenters. The fourth-order valence-corrected chi connectivity index (χ4v) is 2.94. The highest BCUT2D eigenvalue weighted by Crippen LogP contribution is 2.33. The molecular weight excluding hydrogens is 348 g/mol. The highest BCUT2D eigenvalue weighted by atomic mass is 16.6. The number of nitrogens with zero attached hydrogens (tertiary/aromatic N) is 1. The van der Waals surface area contributed by atoms with Crippen LogP contribution in [0.3, 0.4) is 0 Å². The van der Waals surface area contributed by atoms with Gasteiger partial charge in [-0.05, 0) is 11.1 Å². The molecule has 0 saturated carbocycles. The summed E-state index contributed by atoms with van der Waals surface area (Å²) in [6, 6.07) is 15.9. The van der Waals surface area contributed by atoms with E-state index in [4.69, 9.17) is 15.2 Å². The molecule has 7 heteroatoms. The third-order valence-electron chi connectivity index (χ3n) is 4.25. The molecule has 7 nitrogen and oxygen atoms in total. The Morgan fingerprint density at radius 3 is 2.26 bits per heavy atom. The quantitative estimate of drug-likeness (QED) is 0.613. The average molecular weight is 368 g/mol. The number of likely N-dealkylation sites (tertiary alicyclic amines) is 1. The topological polar surface area (TPSA) is 98.9 Å². The second kappa shape index (κ2) is 8.01. The molecule has 1 fully saturated rings. The fraction of sp³-hybridized carbons (Fsp3) is 0.250. The molecule has 0 bridgehead atoms. The Bertz CT molecular complexity index is 825. The maximum absolute atomic E-state index is 12.8. The second-order valence-electron chi connectivity index (χ2n) is 6.18. The Morgan fingerprint density at radius 1 is 1.07 bits per heavy atom. The number of nitrogens with two attached hydrogens (primary N) is 1. The molecule has 1 aliphatic heterocycles. The number of hydrogen-bond acceptors (Lipinski definition) is 6. The number of amides is 1. The summed E-state index contributed by atoms with van der Waals surface area (Å²) in [5, 5.41) is 0. The maximum Gasteiger partial charge on any atom is 0.334 e. The van der Waals surface area contributed by atoms with E-state index in [2.05, 4.69) is 0 Å². The summed E-state index contributed by atoms with van der Waals surface area (Å²) in [5.41, 5.74) is 7.13. The molecule has 2 aromatic rings. The standard InChI is InChI=1S/C20H20N2O5/c1-13(23)27-19-16(21)18(24)22(19)17(15-10-6-3-7-11-15)20(25)26-12-14-8-4-2-5-9-14/h2-11,16-17,19H,12,21H2,1H3/t16-,17?,19+/m0/s1. The molecule has 0 spiro atoms. The Kier molecular flexibility index (Phi) is 5.52. The van der Waals surface area contributed by atoms with Crippen LogP contribution in [-0.4, -0.2) is 35.0 Å². The summed E-state index contributed by atoms with van der Waals surface area (Å²) in [4.78, 5) is 37.7. The van der Waals surface area contributed by atoms with Crippen molar-refractivity contribution in [3.63, 3.8) is 0 Å². The van der Waals surface area contributed by atoms with Gasteiger partial charge in [-0.3, -0.25) is 14.5 Å². The van der Waals surface area contributed by atoms with E-state index in [1.54, 1.807) is 30.3 Å². The molecule has 2 N–H and O–H groups in total. The van der Waals surface area contributed by atoms with Crippen molar-refractivity contribution in [1.29, 1.82) is 0 Å². The Hall–Kier alpha value is -3.19. The Labute approximate surface area is 156 Å². The summed E-state index contributed by atoms with van der Waals surface area (Å²) in [6.07, 6.45) is -1.01. The van der Waals surface area contributed by atoms with Gasteiger partial charge in [-0.15, -0.1) is 0 Å². The van der Waals surface area contributed by atoms with Crippen molar-refractivity contribution in [3.8, 4) is 0 Å². The van der Waals surface area contributed by atoms with Crippen molar-refractivity contribution in [3.05, 3.63) is 71.8 Å². The minimum Gasteiger partial charge on any atom is -0.459 e.